The van der Waals surface area contributed by atoms with Gasteiger partial charge in [0.05, 0.1) is 12.7 Å². The summed E-state index contributed by atoms with van der Waals surface area (Å²) in [5.74, 6) is -1.29. The van der Waals surface area contributed by atoms with Crippen molar-refractivity contribution in [3.63, 3.8) is 0 Å². The van der Waals surface area contributed by atoms with Gasteiger partial charge in [-0.25, -0.2) is 4.79 Å². The van der Waals surface area contributed by atoms with Crippen LogP contribution in [-0.2, 0) is 9.53 Å². The van der Waals surface area contributed by atoms with E-state index in [1.807, 2.05) is 0 Å². The molecule has 1 amide bonds. The molecule has 3 N–H and O–H groups in total. The van der Waals surface area contributed by atoms with Crippen LogP contribution in [0, 0.1) is 0 Å². The Balaban J connectivity index is 2.71. The number of amides is 1. The van der Waals surface area contributed by atoms with Crippen molar-refractivity contribution in [2.24, 2.45) is 0 Å². The first-order valence-electron chi connectivity index (χ1n) is 6.35. The topological polar surface area (TPSA) is 79.5 Å². The zero-order valence-corrected chi connectivity index (χ0v) is 16.1. The number of hydrogen-bond donors (Lipinski definition) is 3. The van der Waals surface area contributed by atoms with Crippen LogP contribution in [0.15, 0.2) is 24.3 Å². The van der Waals surface area contributed by atoms with Crippen molar-refractivity contribution in [1.29, 1.82) is 0 Å². The Morgan fingerprint density at radius 1 is 1.21 bits per heavy atom. The second-order valence-corrected chi connectivity index (χ2v) is 7.39. The summed E-state index contributed by atoms with van der Waals surface area (Å²) in [6.45, 7) is 0. The highest BCUT2D eigenvalue weighted by Crippen LogP contribution is 2.29. The van der Waals surface area contributed by atoms with E-state index in [1.54, 1.807) is 24.3 Å². The Kier molecular flexibility index (Phi) is 8.32. The smallest absolute Gasteiger partial charge is 0.337 e. The Hall–Kier alpha value is -0.990. The van der Waals surface area contributed by atoms with E-state index in [4.69, 9.17) is 58.6 Å². The van der Waals surface area contributed by atoms with Gasteiger partial charge in [-0.1, -0.05) is 34.8 Å². The second kappa shape index (κ2) is 9.48. The number of halogens is 4. The number of alkyl halides is 4. The minimum atomic E-state index is -1.86. The molecule has 0 bridgehead atoms. The Bertz CT molecular complexity index is 607. The van der Waals surface area contributed by atoms with Crippen LogP contribution < -0.4 is 16.0 Å². The van der Waals surface area contributed by atoms with Crippen molar-refractivity contribution in [2.45, 2.75) is 9.96 Å². The maximum atomic E-state index is 11.4. The number of thiocarbonyl (C=S) groups is 1. The number of hydrogen-bond acceptors (Lipinski definition) is 4. The van der Waals surface area contributed by atoms with Crippen molar-refractivity contribution in [3.8, 4) is 0 Å². The Morgan fingerprint density at radius 2 is 1.79 bits per heavy atom. The lowest BCUT2D eigenvalue weighted by Crippen LogP contribution is -2.56. The number of carbonyl (C=O) groups excluding carboxylic acids is 2. The molecule has 11 heteroatoms. The van der Waals surface area contributed by atoms with Crippen LogP contribution in [0.2, 0.25) is 0 Å². The second-order valence-electron chi connectivity index (χ2n) is 4.34. The van der Waals surface area contributed by atoms with Crippen molar-refractivity contribution in [1.82, 2.24) is 10.6 Å². The predicted molar refractivity (Wildman–Crippen MR) is 100 cm³/mol. The van der Waals surface area contributed by atoms with Crippen molar-refractivity contribution in [3.05, 3.63) is 29.8 Å². The molecule has 0 saturated carbocycles. The van der Waals surface area contributed by atoms with Crippen LogP contribution in [0.5, 0.6) is 0 Å². The molecule has 0 aliphatic carbocycles. The summed E-state index contributed by atoms with van der Waals surface area (Å²) < 4.78 is 2.74. The van der Waals surface area contributed by atoms with Crippen LogP contribution in [0.1, 0.15) is 10.4 Å². The number of anilines is 1. The summed E-state index contributed by atoms with van der Waals surface area (Å²) in [7, 11) is 1.29. The molecule has 0 aliphatic rings. The average Bonchev–Trinajstić information content (AvgIpc) is 2.53. The highest BCUT2D eigenvalue weighted by Gasteiger charge is 2.34. The van der Waals surface area contributed by atoms with E-state index in [-0.39, 0.29) is 11.0 Å². The number of methoxy groups -OCH3 is 1. The van der Waals surface area contributed by atoms with Gasteiger partial charge in [0.2, 0.25) is 9.70 Å². The summed E-state index contributed by atoms with van der Waals surface area (Å²) in [4.78, 5) is 22.7. The number of nitrogens with one attached hydrogen (secondary N) is 3. The van der Waals surface area contributed by atoms with Gasteiger partial charge < -0.3 is 20.7 Å². The molecule has 0 aromatic heterocycles. The lowest BCUT2D eigenvalue weighted by Gasteiger charge is -2.27. The molecule has 132 valence electrons. The van der Waals surface area contributed by atoms with Gasteiger partial charge in [-0.05, 0) is 36.5 Å². The van der Waals surface area contributed by atoms with E-state index in [0.717, 1.165) is 0 Å². The number of rotatable bonds is 5. The van der Waals surface area contributed by atoms with Gasteiger partial charge in [-0.15, -0.1) is 11.6 Å². The van der Waals surface area contributed by atoms with Crippen LogP contribution in [0.3, 0.4) is 0 Å². The summed E-state index contributed by atoms with van der Waals surface area (Å²) >= 11 is 27.9. The third kappa shape index (κ3) is 6.86. The van der Waals surface area contributed by atoms with Crippen LogP contribution in [-0.4, -0.2) is 39.9 Å². The molecule has 0 spiro atoms. The fourth-order valence-corrected chi connectivity index (χ4v) is 2.15. The fourth-order valence-electron chi connectivity index (χ4n) is 1.51. The molecule has 6 nitrogen and oxygen atoms in total. The summed E-state index contributed by atoms with van der Waals surface area (Å²) in [5, 5.41) is 7.97. The minimum absolute atomic E-state index is 0.0898. The van der Waals surface area contributed by atoms with Crippen molar-refractivity contribution in [2.75, 3.05) is 18.3 Å². The first-order chi connectivity index (χ1) is 11.2. The van der Waals surface area contributed by atoms with E-state index in [2.05, 4.69) is 20.7 Å². The molecule has 0 fully saturated rings. The Morgan fingerprint density at radius 3 is 2.25 bits per heavy atom. The number of benzene rings is 1. The zero-order valence-electron chi connectivity index (χ0n) is 12.2. The molecule has 0 aliphatic heterocycles. The molecule has 0 saturated heterocycles. The van der Waals surface area contributed by atoms with Gasteiger partial charge in [0, 0.05) is 5.69 Å². The maximum Gasteiger partial charge on any atom is 0.337 e. The zero-order chi connectivity index (χ0) is 18.3. The maximum absolute atomic E-state index is 11.4. The lowest BCUT2D eigenvalue weighted by atomic mass is 10.2. The molecule has 1 atom stereocenters. The molecular formula is C13H13Cl4N3O3S. The molecule has 24 heavy (non-hydrogen) atoms. The summed E-state index contributed by atoms with van der Waals surface area (Å²) in [6, 6.07) is 6.33. The molecule has 0 unspecified atom stereocenters. The molecular weight excluding hydrogens is 420 g/mol. The number of carbonyl (C=O) groups is 2. The lowest BCUT2D eigenvalue weighted by molar-refractivity contribution is -0.119. The third-order valence-electron chi connectivity index (χ3n) is 2.59. The summed E-state index contributed by atoms with van der Waals surface area (Å²) in [6.07, 6.45) is -1.09. The minimum Gasteiger partial charge on any atom is -0.465 e. The fraction of sp³-hybridized carbons (Fsp3) is 0.308. The number of ether oxygens (including phenoxy) is 1. The van der Waals surface area contributed by atoms with E-state index in [0.29, 0.717) is 11.3 Å². The van der Waals surface area contributed by atoms with Gasteiger partial charge in [0.1, 0.15) is 12.0 Å². The predicted octanol–water partition coefficient (Wildman–Crippen LogP) is 2.81. The van der Waals surface area contributed by atoms with Crippen molar-refractivity contribution < 1.29 is 14.3 Å². The first kappa shape index (κ1) is 21.1. The first-order valence-corrected chi connectivity index (χ1v) is 8.43. The van der Waals surface area contributed by atoms with Crippen LogP contribution in [0.25, 0.3) is 0 Å². The van der Waals surface area contributed by atoms with E-state index in [9.17, 15) is 9.59 Å². The van der Waals surface area contributed by atoms with E-state index < -0.39 is 21.8 Å². The van der Waals surface area contributed by atoms with Crippen molar-refractivity contribution >= 4 is 81.3 Å². The van der Waals surface area contributed by atoms with E-state index in [1.165, 1.54) is 7.11 Å². The van der Waals surface area contributed by atoms with Gasteiger partial charge in [0.15, 0.2) is 5.11 Å². The molecule has 0 heterocycles. The van der Waals surface area contributed by atoms with Gasteiger partial charge in [0.25, 0.3) is 0 Å². The largest absolute Gasteiger partial charge is 0.465 e. The van der Waals surface area contributed by atoms with Crippen LogP contribution >= 0.6 is 58.6 Å². The number of esters is 1. The summed E-state index contributed by atoms with van der Waals surface area (Å²) in [5.41, 5.74) is 0.961. The third-order valence-corrected chi connectivity index (χ3v) is 3.71. The highest BCUT2D eigenvalue weighted by molar-refractivity contribution is 7.80. The normalized spacial score (nSPS) is 12.0. The molecule has 1 aromatic rings. The average molecular weight is 433 g/mol. The molecule has 0 radical (unpaired) electrons. The quantitative estimate of drug-likeness (QED) is 0.287. The van der Waals surface area contributed by atoms with E-state index >= 15 is 0 Å². The van der Waals surface area contributed by atoms with Gasteiger partial charge in [-0.2, -0.15) is 0 Å². The standard InChI is InChI=1S/C13H13Cl4N3O3S/c1-23-10(22)7-2-4-8(5-3-7)18-12(24)20-11(13(15,16)17)19-9(21)6-14/h2-5,11H,6H2,1H3,(H,19,21)(H2,18,20,24)/t11-/m0/s1. The van der Waals surface area contributed by atoms with Crippen LogP contribution in [0.4, 0.5) is 5.69 Å². The van der Waals surface area contributed by atoms with Gasteiger partial charge >= 0.3 is 5.97 Å². The van der Waals surface area contributed by atoms with Gasteiger partial charge in [-0.3, -0.25) is 4.79 Å². The monoisotopic (exact) mass is 431 g/mol. The SMILES string of the molecule is COC(=O)c1ccc(NC(=S)N[C@H](NC(=O)CCl)C(Cl)(Cl)Cl)cc1. The molecule has 1 rings (SSSR count). The Labute approximate surface area is 164 Å². The highest BCUT2D eigenvalue weighted by atomic mass is 35.6. The molecule has 1 aromatic carbocycles.